The topological polar surface area (TPSA) is 118 Å². The van der Waals surface area contributed by atoms with Gasteiger partial charge in [-0.3, -0.25) is 9.78 Å². The summed E-state index contributed by atoms with van der Waals surface area (Å²) in [7, 11) is -4.57. The number of pyridine rings is 1. The van der Waals surface area contributed by atoms with Crippen molar-refractivity contribution >= 4 is 26.9 Å². The Morgan fingerprint density at radius 2 is 1.74 bits per heavy atom. The van der Waals surface area contributed by atoms with E-state index in [1.165, 1.54) is 13.0 Å². The van der Waals surface area contributed by atoms with Crippen molar-refractivity contribution in [2.24, 2.45) is 0 Å². The molecule has 1 N–H and O–H groups in total. The van der Waals surface area contributed by atoms with Crippen molar-refractivity contribution in [3.05, 3.63) is 71.9 Å². The number of aromatic nitrogens is 3. The van der Waals surface area contributed by atoms with Crippen LogP contribution in [0.5, 0.6) is 0 Å². The lowest BCUT2D eigenvalue weighted by Crippen LogP contribution is -2.48. The van der Waals surface area contributed by atoms with Crippen LogP contribution >= 0.6 is 0 Å². The zero-order valence-electron chi connectivity index (χ0n) is 22.9. The van der Waals surface area contributed by atoms with Gasteiger partial charge in [0.1, 0.15) is 29.4 Å². The summed E-state index contributed by atoms with van der Waals surface area (Å²) in [6.07, 6.45) is -4.47. The van der Waals surface area contributed by atoms with Gasteiger partial charge in [0, 0.05) is 47.9 Å². The molecule has 3 aromatic heterocycles. The number of sulfonamides is 1. The Hall–Kier alpha value is -4.05. The molecule has 0 spiro atoms. The summed E-state index contributed by atoms with van der Waals surface area (Å²) in [5.74, 6) is -3.81. The van der Waals surface area contributed by atoms with Crippen LogP contribution in [0.2, 0.25) is 0 Å². The second kappa shape index (κ2) is 12.3. The minimum Gasteiger partial charge on any atom is -0.443 e. The highest BCUT2D eigenvalue weighted by atomic mass is 32.2. The van der Waals surface area contributed by atoms with Gasteiger partial charge in [0.25, 0.3) is 10.0 Å². The Morgan fingerprint density at radius 3 is 2.40 bits per heavy atom. The normalized spacial score (nSPS) is 19.2. The highest BCUT2D eigenvalue weighted by Crippen LogP contribution is 2.35. The average Bonchev–Trinajstić information content (AvgIpc) is 3.54. The Balaban J connectivity index is 0.00000207. The third-order valence-corrected chi connectivity index (χ3v) is 8.41. The lowest BCUT2D eigenvalue weighted by Gasteiger charge is -2.25. The maximum atomic E-state index is 14.7. The summed E-state index contributed by atoms with van der Waals surface area (Å²) < 4.78 is 114. The molecule has 43 heavy (non-hydrogen) atoms. The maximum absolute atomic E-state index is 14.7. The molecule has 1 aliphatic rings. The molecule has 0 aliphatic carbocycles. The van der Waals surface area contributed by atoms with Crippen molar-refractivity contribution in [3.63, 3.8) is 0 Å². The molecular weight excluding hydrogens is 604 g/mol. The van der Waals surface area contributed by atoms with Gasteiger partial charge in [0.2, 0.25) is 16.8 Å². The molecular formula is C27H25F6N5O4S. The maximum Gasteiger partial charge on any atom is 0.451 e. The Bertz CT molecular complexity index is 1730. The molecule has 1 saturated heterocycles. The van der Waals surface area contributed by atoms with E-state index in [9.17, 15) is 39.6 Å². The number of furan rings is 1. The van der Waals surface area contributed by atoms with Crippen LogP contribution in [0, 0.1) is 11.6 Å². The van der Waals surface area contributed by atoms with E-state index in [0.29, 0.717) is 4.31 Å². The van der Waals surface area contributed by atoms with Crippen LogP contribution in [0.1, 0.15) is 38.6 Å². The van der Waals surface area contributed by atoms with Crippen LogP contribution in [0.3, 0.4) is 0 Å². The molecule has 1 aliphatic heterocycles. The number of rotatable bonds is 6. The second-order valence-electron chi connectivity index (χ2n) is 9.26. The van der Waals surface area contributed by atoms with E-state index in [-0.39, 0.29) is 27.8 Å². The lowest BCUT2D eigenvalue weighted by molar-refractivity contribution is -0.145. The van der Waals surface area contributed by atoms with Crippen LogP contribution in [-0.2, 0) is 27.5 Å². The first-order chi connectivity index (χ1) is 20.3. The zero-order chi connectivity index (χ0) is 31.7. The van der Waals surface area contributed by atoms with E-state index in [0.717, 1.165) is 42.9 Å². The molecule has 5 rings (SSSR count). The molecule has 16 heteroatoms. The molecule has 4 heterocycles. The van der Waals surface area contributed by atoms with Crippen LogP contribution in [0.4, 0.5) is 26.3 Å². The fourth-order valence-electron chi connectivity index (χ4n) is 4.47. The van der Waals surface area contributed by atoms with Gasteiger partial charge < -0.3 is 9.73 Å². The molecule has 0 saturated carbocycles. The Morgan fingerprint density at radius 1 is 1.07 bits per heavy atom. The summed E-state index contributed by atoms with van der Waals surface area (Å²) in [4.78, 5) is 23.4. The first-order valence-electron chi connectivity index (χ1n) is 12.9. The molecule has 1 amide bonds. The van der Waals surface area contributed by atoms with Crippen LogP contribution in [0.25, 0.3) is 22.2 Å². The largest absolute Gasteiger partial charge is 0.451 e. The van der Waals surface area contributed by atoms with Gasteiger partial charge in [0.15, 0.2) is 0 Å². The van der Waals surface area contributed by atoms with Gasteiger partial charge in [-0.2, -0.15) is 17.5 Å². The first-order valence-corrected chi connectivity index (χ1v) is 14.4. The van der Waals surface area contributed by atoms with E-state index in [2.05, 4.69) is 20.3 Å². The first kappa shape index (κ1) is 31.9. The highest BCUT2D eigenvalue weighted by molar-refractivity contribution is 7.89. The van der Waals surface area contributed by atoms with Crippen LogP contribution in [-0.4, -0.2) is 51.8 Å². The number of benzene rings is 1. The standard InChI is InChI=1S/C25H19F6N5O4S.C2H6/c1-12-17(27)7-20(36(12)41(38,39)22-6-13-4-16(26)2-3-21(13)40-22)23(37)33-8-14-5-19(32-11-18(14)28)15-9-34-24(35-10-15)25(29,30)31;1-2/h2-6,9-12,17,20H,7-8H2,1H3,(H,33,37);1-2H3/t12-,17+,20-;/m0./s1. The predicted molar refractivity (Wildman–Crippen MR) is 141 cm³/mol. The third-order valence-electron chi connectivity index (χ3n) is 6.56. The summed E-state index contributed by atoms with van der Waals surface area (Å²) in [5, 5.41) is 1.92. The van der Waals surface area contributed by atoms with Crippen LogP contribution in [0.15, 0.2) is 58.4 Å². The summed E-state index contributed by atoms with van der Waals surface area (Å²) in [5.41, 5.74) is -0.0245. The minimum absolute atomic E-state index is 0.00760. The van der Waals surface area contributed by atoms with E-state index in [1.807, 2.05) is 13.8 Å². The number of amides is 1. The fraction of sp³-hybridized carbons (Fsp3) is 0.333. The number of carbonyl (C=O) groups excluding carboxylic acids is 1. The van der Waals surface area contributed by atoms with Crippen molar-refractivity contribution < 1.29 is 44.0 Å². The zero-order valence-corrected chi connectivity index (χ0v) is 23.7. The van der Waals surface area contributed by atoms with Gasteiger partial charge in [-0.25, -0.2) is 31.6 Å². The SMILES string of the molecule is CC.C[C@H]1[C@H](F)C[C@@H](C(=O)NCc2cc(-c3cnc(C(F)(F)F)nc3)ncc2F)N1S(=O)(=O)c1cc2cc(F)ccc2o1. The number of carbonyl (C=O) groups is 1. The molecule has 3 atom stereocenters. The smallest absolute Gasteiger partial charge is 0.443 e. The van der Waals surface area contributed by atoms with E-state index >= 15 is 0 Å². The van der Waals surface area contributed by atoms with E-state index in [4.69, 9.17) is 4.42 Å². The predicted octanol–water partition coefficient (Wildman–Crippen LogP) is 5.41. The van der Waals surface area contributed by atoms with Crippen LogP contribution < -0.4 is 5.32 Å². The monoisotopic (exact) mass is 629 g/mol. The molecule has 0 bridgehead atoms. The average molecular weight is 630 g/mol. The Kier molecular flexibility index (Phi) is 9.11. The fourth-order valence-corrected chi connectivity index (χ4v) is 6.23. The van der Waals surface area contributed by atoms with Gasteiger partial charge in [-0.05, 0) is 31.2 Å². The number of alkyl halides is 4. The summed E-state index contributed by atoms with van der Waals surface area (Å²) >= 11 is 0. The van der Waals surface area contributed by atoms with E-state index < -0.39 is 75.9 Å². The number of halogens is 6. The number of fused-ring (bicyclic) bond motifs is 1. The quantitative estimate of drug-likeness (QED) is 0.283. The number of hydrogen-bond acceptors (Lipinski definition) is 7. The van der Waals surface area contributed by atoms with Crippen molar-refractivity contribution in [1.29, 1.82) is 0 Å². The minimum atomic E-state index is -4.76. The molecule has 1 fully saturated rings. The van der Waals surface area contributed by atoms with Crippen molar-refractivity contribution in [2.75, 3.05) is 0 Å². The molecule has 1 aromatic carbocycles. The van der Waals surface area contributed by atoms with Gasteiger partial charge in [-0.15, -0.1) is 0 Å². The third kappa shape index (κ3) is 6.49. The van der Waals surface area contributed by atoms with Crippen molar-refractivity contribution in [3.8, 4) is 11.3 Å². The molecule has 0 radical (unpaired) electrons. The summed E-state index contributed by atoms with van der Waals surface area (Å²) in [6, 6.07) is 2.80. The van der Waals surface area contributed by atoms with Gasteiger partial charge in [-0.1, -0.05) is 13.8 Å². The molecule has 4 aromatic rings. The summed E-state index contributed by atoms with van der Waals surface area (Å²) in [6.45, 7) is 4.79. The van der Waals surface area contributed by atoms with E-state index in [1.54, 1.807) is 0 Å². The lowest BCUT2D eigenvalue weighted by atomic mass is 10.1. The van der Waals surface area contributed by atoms with Crippen molar-refractivity contribution in [2.45, 2.75) is 63.3 Å². The molecule has 0 unspecified atom stereocenters. The Labute approximate surface area is 242 Å². The van der Waals surface area contributed by atoms with Crippen molar-refractivity contribution in [1.82, 2.24) is 24.6 Å². The number of nitrogens with one attached hydrogen (secondary N) is 1. The molecule has 9 nitrogen and oxygen atoms in total. The highest BCUT2D eigenvalue weighted by Gasteiger charge is 2.50. The van der Waals surface area contributed by atoms with Gasteiger partial charge >= 0.3 is 6.18 Å². The number of hydrogen-bond donors (Lipinski definition) is 1. The number of nitrogens with zero attached hydrogens (tertiary/aromatic N) is 4. The van der Waals surface area contributed by atoms with Gasteiger partial charge in [0.05, 0.1) is 17.9 Å². The second-order valence-corrected chi connectivity index (χ2v) is 11.0. The molecule has 230 valence electrons.